The van der Waals surface area contributed by atoms with Gasteiger partial charge >= 0.3 is 6.03 Å². The number of urea groups is 1. The molecule has 1 aromatic heterocycles. The van der Waals surface area contributed by atoms with E-state index in [0.29, 0.717) is 16.3 Å². The summed E-state index contributed by atoms with van der Waals surface area (Å²) in [6.45, 7) is 0.166. The Morgan fingerprint density at radius 3 is 2.58 bits per heavy atom. The second kappa shape index (κ2) is 7.37. The van der Waals surface area contributed by atoms with Crippen molar-refractivity contribution >= 4 is 40.8 Å². The molecule has 0 atom stereocenters. The van der Waals surface area contributed by atoms with Crippen LogP contribution in [0, 0.1) is 5.41 Å². The Bertz CT molecular complexity index is 863. The van der Waals surface area contributed by atoms with E-state index in [2.05, 4.69) is 10.6 Å². The molecule has 0 unspecified atom stereocenters. The maximum Gasteiger partial charge on any atom is 0.318 e. The summed E-state index contributed by atoms with van der Waals surface area (Å²) in [5, 5.41) is 14.0. The number of nitrogens with zero attached hydrogens (tertiary/aromatic N) is 1. The molecule has 0 saturated carbocycles. The average molecular weight is 368 g/mol. The van der Waals surface area contributed by atoms with Crippen LogP contribution < -0.4 is 21.9 Å². The highest BCUT2D eigenvalue weighted by Crippen LogP contribution is 2.22. The summed E-state index contributed by atoms with van der Waals surface area (Å²) in [5.41, 5.74) is 6.35. The van der Waals surface area contributed by atoms with E-state index in [1.165, 1.54) is 23.9 Å². The Kier molecular flexibility index (Phi) is 5.48. The fourth-order valence-corrected chi connectivity index (χ4v) is 2.53. The molecule has 1 aromatic carbocycles. The molecule has 1 heterocycles. The number of carbonyl (C=O) groups excluding carboxylic acids is 2. The number of nitrogens with two attached hydrogens (primary N) is 1. The van der Waals surface area contributed by atoms with Crippen LogP contribution in [0.25, 0.3) is 0 Å². The maximum absolute atomic E-state index is 11.6. The van der Waals surface area contributed by atoms with Crippen molar-refractivity contribution in [1.29, 1.82) is 5.41 Å². The minimum atomic E-state index is -0.744. The molecule has 0 saturated heterocycles. The molecule has 0 spiro atoms. The third-order valence-corrected chi connectivity index (χ3v) is 3.69. The van der Waals surface area contributed by atoms with Gasteiger partial charge in [0, 0.05) is 24.0 Å². The number of aromatic nitrogens is 1. The van der Waals surface area contributed by atoms with Gasteiger partial charge in [0.25, 0.3) is 5.91 Å². The predicted molar refractivity (Wildman–Crippen MR) is 92.4 cm³/mol. The molecule has 5 N–H and O–H groups in total. The van der Waals surface area contributed by atoms with Crippen LogP contribution in [0.4, 0.5) is 10.5 Å². The first-order valence-corrected chi connectivity index (χ1v) is 7.59. The van der Waals surface area contributed by atoms with Gasteiger partial charge in [-0.1, -0.05) is 23.2 Å². The molecule has 7 nitrogen and oxygen atoms in total. The van der Waals surface area contributed by atoms with E-state index >= 15 is 0 Å². The summed E-state index contributed by atoms with van der Waals surface area (Å²) in [6, 6.07) is 5.89. The van der Waals surface area contributed by atoms with Gasteiger partial charge in [0.1, 0.15) is 5.49 Å². The highest BCUT2D eigenvalue weighted by Gasteiger charge is 2.12. The Balaban J connectivity index is 2.48. The number of hydrogen-bond acceptors (Lipinski definition) is 3. The minimum Gasteiger partial charge on any atom is -0.365 e. The summed E-state index contributed by atoms with van der Waals surface area (Å²) < 4.78 is 1.45. The monoisotopic (exact) mass is 367 g/mol. The second-order valence-corrected chi connectivity index (χ2v) is 5.79. The lowest BCUT2D eigenvalue weighted by atomic mass is 10.1. The number of halogens is 2. The van der Waals surface area contributed by atoms with Crippen LogP contribution in [0.5, 0.6) is 0 Å². The molecule has 126 valence electrons. The van der Waals surface area contributed by atoms with Crippen molar-refractivity contribution < 1.29 is 9.59 Å². The van der Waals surface area contributed by atoms with Crippen molar-refractivity contribution in [1.82, 2.24) is 9.88 Å². The molecular formula is C15H15Cl2N5O2. The van der Waals surface area contributed by atoms with E-state index in [4.69, 9.17) is 34.3 Å². The molecule has 24 heavy (non-hydrogen) atoms. The van der Waals surface area contributed by atoms with Gasteiger partial charge in [0.2, 0.25) is 0 Å². The third kappa shape index (κ3) is 4.06. The number of benzene rings is 1. The summed E-state index contributed by atoms with van der Waals surface area (Å²) in [7, 11) is 1.50. The predicted octanol–water partition coefficient (Wildman–Crippen LogP) is 2.17. The fraction of sp³-hybridized carbons (Fsp3) is 0.133. The van der Waals surface area contributed by atoms with Gasteiger partial charge in [-0.25, -0.2) is 4.79 Å². The zero-order valence-corrected chi connectivity index (χ0v) is 14.2. The van der Waals surface area contributed by atoms with Crippen LogP contribution in [0.15, 0.2) is 30.5 Å². The fourth-order valence-electron chi connectivity index (χ4n) is 2.11. The maximum atomic E-state index is 11.6. The average Bonchev–Trinajstić information content (AvgIpc) is 2.52. The number of rotatable bonds is 4. The first-order chi connectivity index (χ1) is 11.3. The number of primary amides is 1. The number of nitrogens with one attached hydrogen (secondary N) is 3. The Labute approximate surface area is 147 Å². The summed E-state index contributed by atoms with van der Waals surface area (Å²) >= 11 is 12.0. The zero-order chi connectivity index (χ0) is 17.9. The third-order valence-electron chi connectivity index (χ3n) is 3.25. The smallest absolute Gasteiger partial charge is 0.318 e. The van der Waals surface area contributed by atoms with Gasteiger partial charge in [-0.3, -0.25) is 10.2 Å². The zero-order valence-electron chi connectivity index (χ0n) is 12.7. The first-order valence-electron chi connectivity index (χ1n) is 6.83. The lowest BCUT2D eigenvalue weighted by Gasteiger charge is -2.14. The standard InChI is InChI=1S/C15H15Cl2N5O2/c1-20-15(24)21-12-3-2-9(16)4-8(12)6-22-7-10(17)5-11(13(22)18)14(19)23/h2-5,7,18H,6H2,1H3,(H2,19,23)(H2,20,21,24). The van der Waals surface area contributed by atoms with E-state index in [0.717, 1.165) is 0 Å². The van der Waals surface area contributed by atoms with E-state index in [-0.39, 0.29) is 22.6 Å². The van der Waals surface area contributed by atoms with Gasteiger partial charge in [-0.05, 0) is 29.8 Å². The van der Waals surface area contributed by atoms with Crippen molar-refractivity contribution in [2.75, 3.05) is 12.4 Å². The highest BCUT2D eigenvalue weighted by atomic mass is 35.5. The van der Waals surface area contributed by atoms with Gasteiger partial charge in [-0.15, -0.1) is 0 Å². The van der Waals surface area contributed by atoms with Gasteiger partial charge in [-0.2, -0.15) is 0 Å². The van der Waals surface area contributed by atoms with Gasteiger partial charge < -0.3 is 20.9 Å². The van der Waals surface area contributed by atoms with Crippen molar-refractivity contribution in [3.63, 3.8) is 0 Å². The number of hydrogen-bond donors (Lipinski definition) is 4. The molecule has 0 aliphatic carbocycles. The molecule has 9 heteroatoms. The second-order valence-electron chi connectivity index (χ2n) is 4.92. The number of amides is 3. The summed E-state index contributed by atoms with van der Waals surface area (Å²) in [4.78, 5) is 23.0. The molecule has 2 rings (SSSR count). The normalized spacial score (nSPS) is 10.3. The van der Waals surface area contributed by atoms with Crippen LogP contribution in [0.2, 0.25) is 10.0 Å². The van der Waals surface area contributed by atoms with Crippen LogP contribution in [0.3, 0.4) is 0 Å². The quantitative estimate of drug-likeness (QED) is 0.663. The molecule has 3 amide bonds. The molecule has 0 aliphatic heterocycles. The van der Waals surface area contributed by atoms with Crippen molar-refractivity contribution in [3.05, 3.63) is 57.1 Å². The van der Waals surface area contributed by atoms with Crippen LogP contribution >= 0.6 is 23.2 Å². The van der Waals surface area contributed by atoms with Crippen LogP contribution in [-0.2, 0) is 6.54 Å². The molecule has 0 fully saturated rings. The van der Waals surface area contributed by atoms with Gasteiger partial charge in [0.15, 0.2) is 0 Å². The lowest BCUT2D eigenvalue weighted by Crippen LogP contribution is -2.30. The van der Waals surface area contributed by atoms with Crippen molar-refractivity contribution in [3.8, 4) is 0 Å². The molecule has 0 aliphatic rings. The molecule has 2 aromatic rings. The summed E-state index contributed by atoms with van der Waals surface area (Å²) in [5.74, 6) is -0.744. The number of carbonyl (C=O) groups is 2. The number of pyridine rings is 1. The van der Waals surface area contributed by atoms with E-state index in [1.807, 2.05) is 0 Å². The SMILES string of the molecule is CNC(=O)Nc1ccc(Cl)cc1Cn1cc(Cl)cc(C(N)=O)c1=N. The summed E-state index contributed by atoms with van der Waals surface area (Å²) in [6.07, 6.45) is 1.50. The van der Waals surface area contributed by atoms with Crippen molar-refractivity contribution in [2.45, 2.75) is 6.54 Å². The van der Waals surface area contributed by atoms with E-state index in [1.54, 1.807) is 18.2 Å². The van der Waals surface area contributed by atoms with E-state index in [9.17, 15) is 9.59 Å². The lowest BCUT2D eigenvalue weighted by molar-refractivity contribution is 0.0997. The van der Waals surface area contributed by atoms with Crippen molar-refractivity contribution in [2.24, 2.45) is 5.73 Å². The molecule has 0 radical (unpaired) electrons. The Morgan fingerprint density at radius 2 is 1.96 bits per heavy atom. The topological polar surface area (TPSA) is 113 Å². The Morgan fingerprint density at radius 1 is 1.25 bits per heavy atom. The number of anilines is 1. The Hall–Kier alpha value is -2.51. The first kappa shape index (κ1) is 17.8. The highest BCUT2D eigenvalue weighted by molar-refractivity contribution is 6.31. The van der Waals surface area contributed by atoms with Crippen LogP contribution in [-0.4, -0.2) is 23.6 Å². The van der Waals surface area contributed by atoms with Gasteiger partial charge in [0.05, 0.1) is 17.1 Å². The molecular weight excluding hydrogens is 353 g/mol. The largest absolute Gasteiger partial charge is 0.365 e. The molecule has 0 bridgehead atoms. The minimum absolute atomic E-state index is 0.00494. The van der Waals surface area contributed by atoms with Crippen LogP contribution in [0.1, 0.15) is 15.9 Å². The van der Waals surface area contributed by atoms with E-state index < -0.39 is 11.9 Å².